The van der Waals surface area contributed by atoms with E-state index in [1.54, 1.807) is 11.8 Å². The smallest absolute Gasteiger partial charge is 0.232 e. The topological polar surface area (TPSA) is 41.1 Å². The minimum atomic E-state index is 0.0707. The van der Waals surface area contributed by atoms with Crippen LogP contribution >= 0.6 is 11.8 Å². The molecule has 1 fully saturated rings. The van der Waals surface area contributed by atoms with E-state index in [0.717, 1.165) is 13.1 Å². The lowest BCUT2D eigenvalue weighted by atomic mass is 10.2. The van der Waals surface area contributed by atoms with Gasteiger partial charge in [0.2, 0.25) is 5.91 Å². The number of hydrogen-bond donors (Lipinski definition) is 2. The lowest BCUT2D eigenvalue weighted by Gasteiger charge is -2.13. The molecule has 0 aromatic heterocycles. The first-order valence-corrected chi connectivity index (χ1v) is 6.06. The highest BCUT2D eigenvalue weighted by Crippen LogP contribution is 2.06. The van der Waals surface area contributed by atoms with Gasteiger partial charge in [0.1, 0.15) is 0 Å². The number of amides is 1. The molecule has 1 rings (SSSR count). The van der Waals surface area contributed by atoms with E-state index in [9.17, 15) is 4.79 Å². The molecule has 0 spiro atoms. The van der Waals surface area contributed by atoms with Crippen LogP contribution in [0.3, 0.4) is 0 Å². The number of nitrogens with one attached hydrogen (secondary N) is 2. The van der Waals surface area contributed by atoms with Gasteiger partial charge in [-0.3, -0.25) is 4.79 Å². The van der Waals surface area contributed by atoms with E-state index in [4.69, 9.17) is 0 Å². The Morgan fingerprint density at radius 2 is 2.54 bits per heavy atom. The van der Waals surface area contributed by atoms with Crippen molar-refractivity contribution in [2.45, 2.75) is 31.1 Å². The number of carbonyl (C=O) groups excluding carboxylic acids is 1. The molecular weight excluding hydrogens is 184 g/mol. The molecule has 3 nitrogen and oxygen atoms in total. The average molecular weight is 202 g/mol. The van der Waals surface area contributed by atoms with Crippen LogP contribution in [0.25, 0.3) is 0 Å². The summed E-state index contributed by atoms with van der Waals surface area (Å²) in [5.74, 6) is 0.154. The van der Waals surface area contributed by atoms with E-state index in [1.165, 1.54) is 12.8 Å². The highest BCUT2D eigenvalue weighted by molar-refractivity contribution is 7.99. The fourth-order valence-electron chi connectivity index (χ4n) is 1.41. The summed E-state index contributed by atoms with van der Waals surface area (Å²) < 4.78 is 0. The molecule has 0 radical (unpaired) electrons. The normalized spacial score (nSPS) is 24.3. The zero-order valence-electron chi connectivity index (χ0n) is 8.30. The highest BCUT2D eigenvalue weighted by Gasteiger charge is 2.16. The molecule has 0 bridgehead atoms. The van der Waals surface area contributed by atoms with Gasteiger partial charge in [-0.2, -0.15) is 11.8 Å². The molecule has 0 aliphatic carbocycles. The van der Waals surface area contributed by atoms with Gasteiger partial charge in [0, 0.05) is 12.6 Å². The maximum atomic E-state index is 11.4. The van der Waals surface area contributed by atoms with E-state index in [-0.39, 0.29) is 11.2 Å². The van der Waals surface area contributed by atoms with Crippen LogP contribution in [-0.4, -0.2) is 36.5 Å². The van der Waals surface area contributed by atoms with Gasteiger partial charge in [-0.25, -0.2) is 0 Å². The molecule has 13 heavy (non-hydrogen) atoms. The van der Waals surface area contributed by atoms with Crippen molar-refractivity contribution in [1.82, 2.24) is 10.6 Å². The molecule has 2 unspecified atom stereocenters. The summed E-state index contributed by atoms with van der Waals surface area (Å²) in [6.45, 7) is 3.81. The van der Waals surface area contributed by atoms with E-state index >= 15 is 0 Å². The molecule has 1 amide bonds. The molecule has 1 heterocycles. The molecule has 2 N–H and O–H groups in total. The largest absolute Gasteiger partial charge is 0.354 e. The van der Waals surface area contributed by atoms with Gasteiger partial charge in [-0.05, 0) is 32.6 Å². The molecule has 2 atom stereocenters. The SMILES string of the molecule is CSC(C)C(=O)NCC1CCCN1. The van der Waals surface area contributed by atoms with Crippen molar-refractivity contribution in [2.24, 2.45) is 0 Å². The molecule has 0 aromatic carbocycles. The van der Waals surface area contributed by atoms with Gasteiger partial charge in [0.15, 0.2) is 0 Å². The van der Waals surface area contributed by atoms with E-state index < -0.39 is 0 Å². The van der Waals surface area contributed by atoms with Crippen LogP contribution < -0.4 is 10.6 Å². The first-order chi connectivity index (χ1) is 6.24. The molecule has 1 saturated heterocycles. The molecule has 1 aliphatic heterocycles. The Hall–Kier alpha value is -0.220. The maximum Gasteiger partial charge on any atom is 0.232 e. The summed E-state index contributed by atoms with van der Waals surface area (Å²) >= 11 is 1.58. The van der Waals surface area contributed by atoms with Crippen molar-refractivity contribution in [3.8, 4) is 0 Å². The van der Waals surface area contributed by atoms with Crippen LogP contribution in [0.2, 0.25) is 0 Å². The standard InChI is InChI=1S/C9H18N2OS/c1-7(13-2)9(12)11-6-8-4-3-5-10-8/h7-8,10H,3-6H2,1-2H3,(H,11,12). The third-order valence-corrected chi connectivity index (χ3v) is 3.33. The zero-order chi connectivity index (χ0) is 9.68. The lowest BCUT2D eigenvalue weighted by Crippen LogP contribution is -2.40. The summed E-state index contributed by atoms with van der Waals surface area (Å²) in [6, 6.07) is 0.498. The fraction of sp³-hybridized carbons (Fsp3) is 0.889. The van der Waals surface area contributed by atoms with Crippen molar-refractivity contribution in [2.75, 3.05) is 19.3 Å². The summed E-state index contributed by atoms with van der Waals surface area (Å²) in [5.41, 5.74) is 0. The molecule has 0 saturated carbocycles. The number of hydrogen-bond acceptors (Lipinski definition) is 3. The second-order valence-electron chi connectivity index (χ2n) is 3.42. The second-order valence-corrected chi connectivity index (χ2v) is 4.59. The number of thioether (sulfide) groups is 1. The summed E-state index contributed by atoms with van der Waals surface area (Å²) in [5, 5.41) is 6.37. The van der Waals surface area contributed by atoms with Crippen LogP contribution in [0, 0.1) is 0 Å². The Bertz CT molecular complexity index is 169. The van der Waals surface area contributed by atoms with Crippen LogP contribution in [0.5, 0.6) is 0 Å². The van der Waals surface area contributed by atoms with Crippen molar-refractivity contribution in [1.29, 1.82) is 0 Å². The van der Waals surface area contributed by atoms with Crippen LogP contribution in [0.15, 0.2) is 0 Å². The van der Waals surface area contributed by atoms with E-state index in [1.807, 2.05) is 13.2 Å². The van der Waals surface area contributed by atoms with Gasteiger partial charge in [-0.15, -0.1) is 0 Å². The third-order valence-electron chi connectivity index (χ3n) is 2.41. The highest BCUT2D eigenvalue weighted by atomic mass is 32.2. The fourth-order valence-corrected chi connectivity index (χ4v) is 1.70. The minimum Gasteiger partial charge on any atom is -0.354 e. The Balaban J connectivity index is 2.13. The van der Waals surface area contributed by atoms with E-state index in [2.05, 4.69) is 10.6 Å². The van der Waals surface area contributed by atoms with Crippen LogP contribution in [-0.2, 0) is 4.79 Å². The first kappa shape index (κ1) is 10.9. The monoisotopic (exact) mass is 202 g/mol. The molecule has 1 aliphatic rings. The van der Waals surface area contributed by atoms with Gasteiger partial charge in [0.25, 0.3) is 0 Å². The van der Waals surface area contributed by atoms with Gasteiger partial charge in [-0.1, -0.05) is 0 Å². The summed E-state index contributed by atoms with van der Waals surface area (Å²) in [7, 11) is 0. The van der Waals surface area contributed by atoms with Crippen molar-refractivity contribution >= 4 is 17.7 Å². The molecule has 4 heteroatoms. The summed E-state index contributed by atoms with van der Waals surface area (Å²) in [4.78, 5) is 11.4. The number of carbonyl (C=O) groups is 1. The van der Waals surface area contributed by atoms with Crippen molar-refractivity contribution < 1.29 is 4.79 Å². The molecule has 76 valence electrons. The lowest BCUT2D eigenvalue weighted by molar-refractivity contribution is -0.120. The Labute approximate surface area is 84.0 Å². The number of rotatable bonds is 4. The van der Waals surface area contributed by atoms with Gasteiger partial charge in [0.05, 0.1) is 5.25 Å². The molecular formula is C9H18N2OS. The Kier molecular flexibility index (Phi) is 4.59. The average Bonchev–Trinajstić information content (AvgIpc) is 2.65. The zero-order valence-corrected chi connectivity index (χ0v) is 9.12. The van der Waals surface area contributed by atoms with Crippen molar-refractivity contribution in [3.63, 3.8) is 0 Å². The van der Waals surface area contributed by atoms with Gasteiger partial charge >= 0.3 is 0 Å². The third kappa shape index (κ3) is 3.56. The predicted octanol–water partition coefficient (Wildman–Crippen LogP) is 0.606. The van der Waals surface area contributed by atoms with Crippen molar-refractivity contribution in [3.05, 3.63) is 0 Å². The van der Waals surface area contributed by atoms with Crippen LogP contribution in [0.4, 0.5) is 0 Å². The Morgan fingerprint density at radius 3 is 3.08 bits per heavy atom. The quantitative estimate of drug-likeness (QED) is 0.701. The molecule has 0 aromatic rings. The van der Waals surface area contributed by atoms with Crippen LogP contribution in [0.1, 0.15) is 19.8 Å². The second kappa shape index (κ2) is 5.50. The predicted molar refractivity (Wildman–Crippen MR) is 57.0 cm³/mol. The minimum absolute atomic E-state index is 0.0707. The van der Waals surface area contributed by atoms with Gasteiger partial charge < -0.3 is 10.6 Å². The Morgan fingerprint density at radius 1 is 1.77 bits per heavy atom. The van der Waals surface area contributed by atoms with E-state index in [0.29, 0.717) is 6.04 Å². The first-order valence-electron chi connectivity index (χ1n) is 4.78. The summed E-state index contributed by atoms with van der Waals surface area (Å²) in [6.07, 6.45) is 4.38. The maximum absolute atomic E-state index is 11.4.